The highest BCUT2D eigenvalue weighted by Crippen LogP contribution is 2.44. The van der Waals surface area contributed by atoms with Crippen molar-refractivity contribution in [3.8, 4) is 11.1 Å². The molecule has 0 fully saturated rings. The Morgan fingerprint density at radius 3 is 0.809 bits per heavy atom. The minimum absolute atomic E-state index is 0.111. The lowest BCUT2D eigenvalue weighted by Crippen LogP contribution is -2.36. The maximum atomic E-state index is 11.0. The van der Waals surface area contributed by atoms with Crippen LogP contribution in [0.25, 0.3) is 32.4 Å². The number of quaternary nitrogens is 4. The lowest BCUT2D eigenvalue weighted by molar-refractivity contribution is -0.865. The highest BCUT2D eigenvalue weighted by molar-refractivity contribution is 6.11. The van der Waals surface area contributed by atoms with Crippen molar-refractivity contribution < 1.29 is 37.1 Å². The molecule has 4 aliphatic rings. The monoisotopic (exact) mass is 919 g/mol. The average Bonchev–Trinajstić information content (AvgIpc) is 3.22. The molecule has 0 aromatic heterocycles. The molecule has 0 radical (unpaired) electrons. The summed E-state index contributed by atoms with van der Waals surface area (Å²) in [6.45, 7) is 3.07. The lowest BCUT2D eigenvalue weighted by atomic mass is 9.99. The summed E-state index contributed by atoms with van der Waals surface area (Å²) < 4.78 is 2.90. The highest BCUT2D eigenvalue weighted by Gasteiger charge is 2.21. The molecule has 0 atom stereocenters. The summed E-state index contributed by atoms with van der Waals surface area (Å²) in [7, 11) is 25.4. The largest absolute Gasteiger partial charge is 0.664 e. The molecule has 4 N–H and O–H groups in total. The van der Waals surface area contributed by atoms with E-state index in [4.69, 9.17) is 21.3 Å². The maximum Gasteiger partial charge on any atom is 0.345 e. The number of nitrogens with zero attached hydrogens (tertiary/aromatic N) is 8. The first-order valence-electron chi connectivity index (χ1n) is 22.7. The fourth-order valence-corrected chi connectivity index (χ4v) is 7.80. The smallest absolute Gasteiger partial charge is 0.345 e. The second-order valence-corrected chi connectivity index (χ2v) is 21.8. The van der Waals surface area contributed by atoms with E-state index in [1.165, 1.54) is 0 Å². The van der Waals surface area contributed by atoms with E-state index < -0.39 is 0 Å². The van der Waals surface area contributed by atoms with Gasteiger partial charge in [0.25, 0.3) is 0 Å². The van der Waals surface area contributed by atoms with Crippen LogP contribution in [0, 0.1) is 0 Å². The van der Waals surface area contributed by atoms with Crippen molar-refractivity contribution in [3.05, 3.63) is 200 Å². The Hall–Kier alpha value is -6.96. The first-order chi connectivity index (χ1) is 31.8. The minimum Gasteiger partial charge on any atom is -0.664 e. The Morgan fingerprint density at radius 2 is 0.574 bits per heavy atom. The average molecular weight is 919 g/mol. The lowest BCUT2D eigenvalue weighted by Gasteiger charge is -2.33. The van der Waals surface area contributed by atoms with Gasteiger partial charge in [0.1, 0.15) is 26.2 Å². The number of benzene rings is 2. The zero-order valence-corrected chi connectivity index (χ0v) is 41.9. The Bertz CT molecular complexity index is 2580. The summed E-state index contributed by atoms with van der Waals surface area (Å²) in [5.41, 5.74) is 10.4. The molecular weight excluding hydrogens is 849 g/mol. The van der Waals surface area contributed by atoms with Crippen LogP contribution in [0.2, 0.25) is 0 Å². The molecule has 0 spiro atoms. The van der Waals surface area contributed by atoms with Crippen molar-refractivity contribution in [1.29, 1.82) is 0 Å². The number of likely N-dealkylation sites (N-methyl/N-ethyl adjacent to an activating group) is 4. The fourth-order valence-electron chi connectivity index (χ4n) is 7.80. The van der Waals surface area contributed by atoms with E-state index in [1.807, 2.05) is 85.0 Å². The molecule has 0 aliphatic heterocycles. The van der Waals surface area contributed by atoms with Crippen molar-refractivity contribution in [2.24, 2.45) is 0 Å². The third kappa shape index (κ3) is 15.0. The number of carbonyl (C=O) groups excluding carboxylic acids is 4. The van der Waals surface area contributed by atoms with E-state index in [9.17, 15) is 19.2 Å². The molecule has 0 saturated carbocycles. The summed E-state index contributed by atoms with van der Waals surface area (Å²) >= 11 is 0. The van der Waals surface area contributed by atoms with Crippen LogP contribution in [0.15, 0.2) is 179 Å². The van der Waals surface area contributed by atoms with E-state index in [2.05, 4.69) is 84.6 Å². The van der Waals surface area contributed by atoms with Gasteiger partial charge in [-0.2, -0.15) is 47.5 Å². The molecule has 2 aromatic carbocycles. The predicted molar refractivity (Wildman–Crippen MR) is 285 cm³/mol. The van der Waals surface area contributed by atoms with Gasteiger partial charge in [0.05, 0.1) is 107 Å². The number of allylic oxidation sites excluding steroid dienone is 12. The maximum absolute atomic E-state index is 11.0. The zero-order chi connectivity index (χ0) is 49.6. The van der Waals surface area contributed by atoms with Crippen LogP contribution in [-0.2, 0) is 0 Å². The second kappa shape index (κ2) is 20.5. The number of hydrogen-bond acceptors (Lipinski definition) is 0. The van der Waals surface area contributed by atoms with E-state index >= 15 is 0 Å². The van der Waals surface area contributed by atoms with Gasteiger partial charge in [-0.3, -0.25) is 19.2 Å². The van der Waals surface area contributed by atoms with Gasteiger partial charge < -0.3 is 39.2 Å². The quantitative estimate of drug-likeness (QED) is 0.0847. The van der Waals surface area contributed by atoms with E-state index in [-0.39, 0.29) is 23.1 Å². The van der Waals surface area contributed by atoms with Crippen molar-refractivity contribution in [1.82, 2.24) is 0 Å². The first-order valence-corrected chi connectivity index (χ1v) is 22.7. The predicted octanol–water partition coefficient (Wildman–Crippen LogP) is 9.90. The van der Waals surface area contributed by atoms with Gasteiger partial charge in [-0.15, -0.1) is 0 Å². The molecule has 0 unspecified atom stereocenters. The van der Waals surface area contributed by atoms with Crippen LogP contribution in [0.4, 0.5) is 22.7 Å². The van der Waals surface area contributed by atoms with Crippen LogP contribution in [-0.4, -0.2) is 171 Å². The van der Waals surface area contributed by atoms with Crippen molar-refractivity contribution >= 4 is 45.9 Å². The van der Waals surface area contributed by atoms with Crippen LogP contribution in [0.3, 0.4) is 0 Å². The molecule has 0 amide bonds. The second-order valence-electron chi connectivity index (χ2n) is 21.8. The van der Waals surface area contributed by atoms with Crippen LogP contribution >= 0.6 is 0 Å². The Kier molecular flexibility index (Phi) is 15.2. The third-order valence-corrected chi connectivity index (χ3v) is 10.7. The summed E-state index contributed by atoms with van der Waals surface area (Å²) in [6.07, 6.45) is 28.9. The fraction of sp³-hybridized carbons (Fsp3) is 0.286. The highest BCUT2D eigenvalue weighted by atomic mass is 16.1. The first kappa shape index (κ1) is 50.5. The Morgan fingerprint density at radius 1 is 0.338 bits per heavy atom. The summed E-state index contributed by atoms with van der Waals surface area (Å²) in [4.78, 5) is 43.6. The van der Waals surface area contributed by atoms with Crippen molar-refractivity contribution in [3.63, 3.8) is 0 Å². The zero-order valence-electron chi connectivity index (χ0n) is 41.9. The molecule has 0 bridgehead atoms. The Labute approximate surface area is 403 Å². The molecule has 0 saturated heterocycles. The minimum atomic E-state index is 0.111. The van der Waals surface area contributed by atoms with Gasteiger partial charge in [-0.05, 0) is 59.7 Å². The Balaban J connectivity index is 1.41. The van der Waals surface area contributed by atoms with Crippen LogP contribution in [0.1, 0.15) is 0 Å². The molecule has 354 valence electrons. The molecular formula is C56H70N8O4+4. The molecule has 12 heteroatoms. The molecule has 4 aliphatic carbocycles. The number of hydrogen-bond donors (Lipinski definition) is 0. The number of ketones is 4. The van der Waals surface area contributed by atoms with Crippen molar-refractivity contribution in [2.75, 3.05) is 111 Å². The molecule has 0 heterocycles. The van der Waals surface area contributed by atoms with E-state index in [0.29, 0.717) is 45.0 Å². The van der Waals surface area contributed by atoms with Gasteiger partial charge >= 0.3 is 23.1 Å². The SMILES string of the molecule is C[N+](C)(C)CC1=CC(=C[N-]c2ccc(-c3ccc([N-]C=C4C=C(C[N+](C)(C)C)C=CC4=[OH+])c([N-]C=C4C=C(C[N+](C)(C)C)C=CC4=[OH+])c3)cc2[N-]C=C2C=C(C[N+](C)(C)C)C=CC2=[OH+])C(=[OH+])C=C1. The molecule has 68 heavy (non-hydrogen) atoms. The topological polar surface area (TPSA) is 142 Å². The van der Waals surface area contributed by atoms with Gasteiger partial charge in [0.2, 0.25) is 0 Å². The normalized spacial score (nSPS) is 19.2. The van der Waals surface area contributed by atoms with Crippen molar-refractivity contribution in [2.45, 2.75) is 0 Å². The van der Waals surface area contributed by atoms with E-state index in [1.54, 1.807) is 49.1 Å². The third-order valence-electron chi connectivity index (χ3n) is 10.7. The summed E-state index contributed by atoms with van der Waals surface area (Å²) in [6, 6.07) is 11.6. The summed E-state index contributed by atoms with van der Waals surface area (Å²) in [5, 5.41) is 19.6. The summed E-state index contributed by atoms with van der Waals surface area (Å²) in [5.74, 6) is 0.465. The van der Waals surface area contributed by atoms with Crippen LogP contribution in [0.5, 0.6) is 0 Å². The van der Waals surface area contributed by atoms with Crippen LogP contribution < -0.4 is 0 Å². The van der Waals surface area contributed by atoms with Gasteiger partial charge in [0, 0.05) is 46.6 Å². The van der Waals surface area contributed by atoms with Gasteiger partial charge in [0.15, 0.2) is 0 Å². The molecule has 12 nitrogen and oxygen atoms in total. The number of rotatable bonds is 17. The van der Waals surface area contributed by atoms with Gasteiger partial charge in [-0.1, -0.05) is 36.4 Å². The van der Waals surface area contributed by atoms with Gasteiger partial charge in [-0.25, -0.2) is 0 Å². The van der Waals surface area contributed by atoms with E-state index in [0.717, 1.165) is 77.5 Å². The standard InChI is InChI=1S/C56H66N8O4/c1-61(2,3)35-39-13-21-53(65)45(25-39)31-57-49-19-17-43(29-51(49)59-33-47-27-41(15-23-55(47)67)37-63(7,8)9)44-18-20-50(58-32-46-26-40(14-22-54(46)66)36-62(4,5)6)52(30-44)60-34-48-28-42(16-24-56(48)68)38-64(10,11)12/h13-34H,35-38H2,1-12H3/p+4. The molecule has 6 rings (SSSR count). The molecule has 2 aromatic rings.